The van der Waals surface area contributed by atoms with Crippen LogP contribution in [0.25, 0.3) is 0 Å². The van der Waals surface area contributed by atoms with Crippen molar-refractivity contribution in [2.24, 2.45) is 0 Å². The molecule has 0 saturated carbocycles. The van der Waals surface area contributed by atoms with E-state index in [-0.39, 0.29) is 0 Å². The maximum absolute atomic E-state index is 2.38. The van der Waals surface area contributed by atoms with E-state index in [1.54, 1.807) is 4.91 Å². The van der Waals surface area contributed by atoms with Gasteiger partial charge in [-0.1, -0.05) is 0 Å². The summed E-state index contributed by atoms with van der Waals surface area (Å²) in [4.78, 5) is 1.72. The van der Waals surface area contributed by atoms with Crippen molar-refractivity contribution < 1.29 is 0 Å². The molecule has 0 saturated heterocycles. The fourth-order valence-corrected chi connectivity index (χ4v) is 2.00. The van der Waals surface area contributed by atoms with Crippen LogP contribution in [0.4, 0.5) is 0 Å². The van der Waals surface area contributed by atoms with Crippen LogP contribution in [0.5, 0.6) is 0 Å². The molecule has 1 rings (SSSR count). The van der Waals surface area contributed by atoms with Crippen LogP contribution < -0.4 is 0 Å². The Kier molecular flexibility index (Phi) is 2.01. The molecule has 0 aromatic rings. The second-order valence-corrected chi connectivity index (χ2v) is 4.51. The molecule has 0 aromatic carbocycles. The summed E-state index contributed by atoms with van der Waals surface area (Å²) in [5.74, 6) is 1.34. The lowest BCUT2D eigenvalue weighted by atomic mass is 10.1. The highest BCUT2D eigenvalue weighted by atomic mass is 32.2. The lowest BCUT2D eigenvalue weighted by Crippen LogP contribution is -2.09. The van der Waals surface area contributed by atoms with E-state index >= 15 is 0 Å². The number of rotatable bonds is 2. The van der Waals surface area contributed by atoms with Crippen LogP contribution in [0.3, 0.4) is 0 Å². The van der Waals surface area contributed by atoms with Crippen molar-refractivity contribution in [1.29, 1.82) is 0 Å². The standard InChI is InChI=1S/C7H13S/c1-3-8(2)7-5-4-6-7/h5H,3-4,6H2,1-2H3/q+1. The van der Waals surface area contributed by atoms with Gasteiger partial charge in [0.25, 0.3) is 0 Å². The SMILES string of the molecule is CC[S+](C)C1=CCC1. The first-order valence-corrected chi connectivity index (χ1v) is 4.96. The fraction of sp³-hybridized carbons (Fsp3) is 0.714. The Morgan fingerprint density at radius 3 is 2.50 bits per heavy atom. The van der Waals surface area contributed by atoms with Gasteiger partial charge in [-0.2, -0.15) is 0 Å². The van der Waals surface area contributed by atoms with Crippen LogP contribution in [-0.4, -0.2) is 12.0 Å². The summed E-state index contributed by atoms with van der Waals surface area (Å²) in [6, 6.07) is 0. The van der Waals surface area contributed by atoms with Gasteiger partial charge >= 0.3 is 0 Å². The third-order valence-electron chi connectivity index (χ3n) is 1.64. The van der Waals surface area contributed by atoms with Crippen molar-refractivity contribution in [2.45, 2.75) is 19.8 Å². The van der Waals surface area contributed by atoms with Crippen LogP contribution in [-0.2, 0) is 10.9 Å². The topological polar surface area (TPSA) is 0 Å². The first-order valence-electron chi connectivity index (χ1n) is 3.16. The molecular weight excluding hydrogens is 116 g/mol. The van der Waals surface area contributed by atoms with Crippen LogP contribution >= 0.6 is 0 Å². The Balaban J connectivity index is 2.34. The quantitative estimate of drug-likeness (QED) is 0.500. The van der Waals surface area contributed by atoms with Gasteiger partial charge in [0.15, 0.2) is 0 Å². The van der Waals surface area contributed by atoms with Gasteiger partial charge in [-0.15, -0.1) is 0 Å². The minimum atomic E-state index is 0.626. The van der Waals surface area contributed by atoms with Gasteiger partial charge in [-0.3, -0.25) is 0 Å². The highest BCUT2D eigenvalue weighted by Crippen LogP contribution is 2.24. The Morgan fingerprint density at radius 2 is 2.38 bits per heavy atom. The van der Waals surface area contributed by atoms with Gasteiger partial charge in [-0.05, 0) is 19.4 Å². The molecular formula is C7H13S+. The van der Waals surface area contributed by atoms with Crippen molar-refractivity contribution >= 4 is 10.9 Å². The van der Waals surface area contributed by atoms with Crippen LogP contribution in [0, 0.1) is 0 Å². The third-order valence-corrected chi connectivity index (χ3v) is 3.78. The molecule has 1 aliphatic carbocycles. The molecule has 1 unspecified atom stereocenters. The van der Waals surface area contributed by atoms with Gasteiger partial charge in [-0.25, -0.2) is 0 Å². The second-order valence-electron chi connectivity index (χ2n) is 2.13. The van der Waals surface area contributed by atoms with E-state index in [0.717, 1.165) is 0 Å². The van der Waals surface area contributed by atoms with Crippen molar-refractivity contribution in [3.05, 3.63) is 11.0 Å². The molecule has 0 spiro atoms. The van der Waals surface area contributed by atoms with Crippen LogP contribution in [0.2, 0.25) is 0 Å². The Hall–Kier alpha value is 0.0900. The van der Waals surface area contributed by atoms with E-state index in [2.05, 4.69) is 19.3 Å². The van der Waals surface area contributed by atoms with Gasteiger partial charge < -0.3 is 0 Å². The third kappa shape index (κ3) is 1.08. The molecule has 0 fully saturated rings. The summed E-state index contributed by atoms with van der Waals surface area (Å²) in [7, 11) is 0.626. The molecule has 0 aromatic heterocycles. The van der Waals surface area contributed by atoms with Gasteiger partial charge in [0.05, 0.1) is 0 Å². The first-order chi connectivity index (χ1) is 3.84. The van der Waals surface area contributed by atoms with Crippen LogP contribution in [0.15, 0.2) is 11.0 Å². The monoisotopic (exact) mass is 129 g/mol. The van der Waals surface area contributed by atoms with Gasteiger partial charge in [0.1, 0.15) is 16.9 Å². The predicted octanol–water partition coefficient (Wildman–Crippen LogP) is 1.93. The van der Waals surface area contributed by atoms with E-state index in [1.807, 2.05) is 0 Å². The second kappa shape index (κ2) is 2.58. The molecule has 0 radical (unpaired) electrons. The summed E-state index contributed by atoms with van der Waals surface area (Å²) in [5.41, 5.74) is 0. The zero-order chi connectivity index (χ0) is 5.98. The number of hydrogen-bond donors (Lipinski definition) is 0. The average Bonchev–Trinajstić information content (AvgIpc) is 1.62. The summed E-state index contributed by atoms with van der Waals surface area (Å²) in [5, 5.41) is 0. The van der Waals surface area contributed by atoms with Crippen molar-refractivity contribution in [1.82, 2.24) is 0 Å². The number of hydrogen-bond acceptors (Lipinski definition) is 0. The minimum Gasteiger partial charge on any atom is -0.0331 e. The molecule has 1 aliphatic rings. The van der Waals surface area contributed by atoms with Crippen molar-refractivity contribution in [2.75, 3.05) is 12.0 Å². The molecule has 1 atom stereocenters. The summed E-state index contributed by atoms with van der Waals surface area (Å²) in [6.07, 6.45) is 7.44. The zero-order valence-corrected chi connectivity index (χ0v) is 6.42. The van der Waals surface area contributed by atoms with Gasteiger partial charge in [0, 0.05) is 17.3 Å². The normalized spacial score (nSPS) is 21.5. The molecule has 0 N–H and O–H groups in total. The highest BCUT2D eigenvalue weighted by Gasteiger charge is 2.20. The summed E-state index contributed by atoms with van der Waals surface area (Å²) in [6.45, 7) is 2.27. The van der Waals surface area contributed by atoms with E-state index < -0.39 is 0 Å². The lowest BCUT2D eigenvalue weighted by Gasteiger charge is -2.10. The smallest absolute Gasteiger partial charge is 0.0331 e. The fourth-order valence-electron chi connectivity index (χ4n) is 0.764. The van der Waals surface area contributed by atoms with Crippen molar-refractivity contribution in [3.8, 4) is 0 Å². The molecule has 0 amide bonds. The Bertz CT molecular complexity index is 105. The molecule has 46 valence electrons. The zero-order valence-electron chi connectivity index (χ0n) is 5.61. The minimum absolute atomic E-state index is 0.626. The summed E-state index contributed by atoms with van der Waals surface area (Å²) < 4.78 is 0. The Labute approximate surface area is 54.3 Å². The van der Waals surface area contributed by atoms with E-state index in [4.69, 9.17) is 0 Å². The molecule has 0 aliphatic heterocycles. The molecule has 1 heteroatoms. The molecule has 0 nitrogen and oxygen atoms in total. The maximum Gasteiger partial charge on any atom is 0.128 e. The number of allylic oxidation sites excluding steroid dienone is 2. The maximum atomic E-state index is 2.38. The van der Waals surface area contributed by atoms with E-state index in [1.165, 1.54) is 18.6 Å². The Morgan fingerprint density at radius 1 is 1.75 bits per heavy atom. The highest BCUT2D eigenvalue weighted by molar-refractivity contribution is 7.99. The molecule has 0 bridgehead atoms. The van der Waals surface area contributed by atoms with Crippen molar-refractivity contribution in [3.63, 3.8) is 0 Å². The van der Waals surface area contributed by atoms with Gasteiger partial charge in [0.2, 0.25) is 0 Å². The first kappa shape index (κ1) is 6.21. The van der Waals surface area contributed by atoms with E-state index in [9.17, 15) is 0 Å². The van der Waals surface area contributed by atoms with E-state index in [0.29, 0.717) is 10.9 Å². The molecule has 8 heavy (non-hydrogen) atoms. The van der Waals surface area contributed by atoms with Crippen LogP contribution in [0.1, 0.15) is 19.8 Å². The summed E-state index contributed by atoms with van der Waals surface area (Å²) >= 11 is 0. The average molecular weight is 129 g/mol. The molecule has 0 heterocycles. The predicted molar refractivity (Wildman–Crippen MR) is 41.1 cm³/mol. The largest absolute Gasteiger partial charge is 0.128 e. The lowest BCUT2D eigenvalue weighted by molar-refractivity contribution is 0.938.